The number of halogens is 2. The standard InChI is InChI=1S/C7H13F2N/c1-3-10-6-4-5-7(2,8)9/h4-5,10H,3,6H2,1-2H3/b5-4+. The topological polar surface area (TPSA) is 12.0 Å². The summed E-state index contributed by atoms with van der Waals surface area (Å²) in [6.07, 6.45) is 2.33. The lowest BCUT2D eigenvalue weighted by Crippen LogP contribution is -2.13. The first kappa shape index (κ1) is 9.56. The molecule has 1 N–H and O–H groups in total. The SMILES string of the molecule is CCNC/C=C/C(C)(F)F. The number of rotatable bonds is 4. The van der Waals surface area contributed by atoms with Crippen LogP contribution in [0.3, 0.4) is 0 Å². The molecule has 0 heterocycles. The lowest BCUT2D eigenvalue weighted by atomic mass is 10.3. The molecule has 0 unspecified atom stereocenters. The molecule has 0 saturated heterocycles. The summed E-state index contributed by atoms with van der Waals surface area (Å²) in [5, 5.41) is 2.90. The van der Waals surface area contributed by atoms with Gasteiger partial charge in [-0.05, 0) is 12.6 Å². The van der Waals surface area contributed by atoms with Crippen LogP contribution in [0.4, 0.5) is 8.78 Å². The second-order valence-electron chi connectivity index (χ2n) is 2.17. The average molecular weight is 149 g/mol. The Bertz CT molecular complexity index is 105. The van der Waals surface area contributed by atoms with E-state index in [-0.39, 0.29) is 0 Å². The molecule has 3 heteroatoms. The van der Waals surface area contributed by atoms with Crippen LogP contribution in [0.25, 0.3) is 0 Å². The summed E-state index contributed by atoms with van der Waals surface area (Å²) < 4.78 is 24.1. The largest absolute Gasteiger partial charge is 0.314 e. The summed E-state index contributed by atoms with van der Waals surface area (Å²) in [5.41, 5.74) is 0. The van der Waals surface area contributed by atoms with Gasteiger partial charge in [-0.25, -0.2) is 8.78 Å². The Labute approximate surface area is 60.1 Å². The van der Waals surface area contributed by atoms with Crippen LogP contribution < -0.4 is 5.32 Å². The van der Waals surface area contributed by atoms with Crippen LogP contribution in [0.5, 0.6) is 0 Å². The molecule has 0 atom stereocenters. The highest BCUT2D eigenvalue weighted by Crippen LogP contribution is 2.11. The van der Waals surface area contributed by atoms with Crippen molar-refractivity contribution in [3.8, 4) is 0 Å². The third-order valence-electron chi connectivity index (χ3n) is 0.923. The second-order valence-corrected chi connectivity index (χ2v) is 2.17. The van der Waals surface area contributed by atoms with Crippen molar-refractivity contribution in [1.29, 1.82) is 0 Å². The van der Waals surface area contributed by atoms with Gasteiger partial charge < -0.3 is 5.32 Å². The Morgan fingerprint density at radius 2 is 2.10 bits per heavy atom. The summed E-state index contributed by atoms with van der Waals surface area (Å²) in [6.45, 7) is 4.12. The lowest BCUT2D eigenvalue weighted by Gasteiger charge is -2.01. The minimum atomic E-state index is -2.67. The van der Waals surface area contributed by atoms with Crippen LogP contribution in [0, 0.1) is 0 Å². The zero-order valence-corrected chi connectivity index (χ0v) is 6.32. The summed E-state index contributed by atoms with van der Waals surface area (Å²) in [6, 6.07) is 0. The van der Waals surface area contributed by atoms with Gasteiger partial charge in [0.2, 0.25) is 0 Å². The Morgan fingerprint density at radius 3 is 2.50 bits per heavy atom. The highest BCUT2D eigenvalue weighted by atomic mass is 19.3. The first-order valence-corrected chi connectivity index (χ1v) is 3.32. The van der Waals surface area contributed by atoms with Crippen LogP contribution in [0.15, 0.2) is 12.2 Å². The molecule has 0 aromatic rings. The number of alkyl halides is 2. The lowest BCUT2D eigenvalue weighted by molar-refractivity contribution is 0.0772. The van der Waals surface area contributed by atoms with Gasteiger partial charge in [0.05, 0.1) is 0 Å². The summed E-state index contributed by atoms with van der Waals surface area (Å²) in [7, 11) is 0. The van der Waals surface area contributed by atoms with Gasteiger partial charge in [-0.1, -0.05) is 13.0 Å². The van der Waals surface area contributed by atoms with Gasteiger partial charge in [0.25, 0.3) is 5.92 Å². The predicted octanol–water partition coefficient (Wildman–Crippen LogP) is 1.81. The molecule has 0 spiro atoms. The average Bonchev–Trinajstić information content (AvgIpc) is 1.78. The third-order valence-corrected chi connectivity index (χ3v) is 0.923. The quantitative estimate of drug-likeness (QED) is 0.474. The highest BCUT2D eigenvalue weighted by Gasteiger charge is 2.14. The smallest absolute Gasteiger partial charge is 0.263 e. The number of allylic oxidation sites excluding steroid dienone is 1. The third kappa shape index (κ3) is 7.56. The van der Waals surface area contributed by atoms with Crippen molar-refractivity contribution in [3.63, 3.8) is 0 Å². The molecule has 0 radical (unpaired) electrons. The van der Waals surface area contributed by atoms with E-state index in [1.54, 1.807) is 0 Å². The van der Waals surface area contributed by atoms with Gasteiger partial charge in [0.15, 0.2) is 0 Å². The van der Waals surface area contributed by atoms with E-state index in [1.807, 2.05) is 6.92 Å². The van der Waals surface area contributed by atoms with E-state index in [9.17, 15) is 8.78 Å². The fourth-order valence-electron chi connectivity index (χ4n) is 0.494. The van der Waals surface area contributed by atoms with Crippen molar-refractivity contribution in [1.82, 2.24) is 5.32 Å². The zero-order chi connectivity index (χ0) is 8.04. The van der Waals surface area contributed by atoms with E-state index < -0.39 is 5.92 Å². The van der Waals surface area contributed by atoms with Crippen molar-refractivity contribution in [2.45, 2.75) is 19.8 Å². The molecular formula is C7H13F2N. The van der Waals surface area contributed by atoms with E-state index in [0.29, 0.717) is 6.54 Å². The van der Waals surface area contributed by atoms with Crippen molar-refractivity contribution < 1.29 is 8.78 Å². The molecule has 0 aliphatic carbocycles. The van der Waals surface area contributed by atoms with E-state index in [0.717, 1.165) is 19.5 Å². The van der Waals surface area contributed by atoms with E-state index in [2.05, 4.69) is 5.32 Å². The highest BCUT2D eigenvalue weighted by molar-refractivity contribution is 4.92. The Kier molecular flexibility index (Phi) is 4.19. The fourth-order valence-corrected chi connectivity index (χ4v) is 0.494. The van der Waals surface area contributed by atoms with Crippen molar-refractivity contribution >= 4 is 0 Å². The van der Waals surface area contributed by atoms with Gasteiger partial charge in [0.1, 0.15) is 0 Å². The Hall–Kier alpha value is -0.440. The van der Waals surface area contributed by atoms with E-state index in [4.69, 9.17) is 0 Å². The molecule has 0 amide bonds. The van der Waals surface area contributed by atoms with Gasteiger partial charge >= 0.3 is 0 Å². The van der Waals surface area contributed by atoms with Crippen molar-refractivity contribution in [2.24, 2.45) is 0 Å². The second kappa shape index (κ2) is 4.39. The molecule has 0 aliphatic heterocycles. The Balaban J connectivity index is 3.37. The van der Waals surface area contributed by atoms with Crippen molar-refractivity contribution in [2.75, 3.05) is 13.1 Å². The maximum absolute atomic E-state index is 12.0. The summed E-state index contributed by atoms with van der Waals surface area (Å²) in [5.74, 6) is -2.67. The summed E-state index contributed by atoms with van der Waals surface area (Å²) in [4.78, 5) is 0. The Morgan fingerprint density at radius 1 is 1.50 bits per heavy atom. The molecule has 0 aliphatic rings. The number of nitrogens with one attached hydrogen (secondary N) is 1. The van der Waals surface area contributed by atoms with Gasteiger partial charge in [0, 0.05) is 13.5 Å². The molecule has 0 saturated carbocycles. The molecule has 0 aromatic heterocycles. The maximum Gasteiger partial charge on any atom is 0.263 e. The molecule has 10 heavy (non-hydrogen) atoms. The number of hydrogen-bond donors (Lipinski definition) is 1. The molecule has 0 aromatic carbocycles. The molecule has 60 valence electrons. The summed E-state index contributed by atoms with van der Waals surface area (Å²) >= 11 is 0. The maximum atomic E-state index is 12.0. The minimum Gasteiger partial charge on any atom is -0.314 e. The first-order chi connectivity index (χ1) is 4.56. The predicted molar refractivity (Wildman–Crippen MR) is 38.3 cm³/mol. The van der Waals surface area contributed by atoms with Crippen LogP contribution in [-0.2, 0) is 0 Å². The van der Waals surface area contributed by atoms with Crippen LogP contribution >= 0.6 is 0 Å². The zero-order valence-electron chi connectivity index (χ0n) is 6.32. The molecule has 0 fully saturated rings. The van der Waals surface area contributed by atoms with Crippen molar-refractivity contribution in [3.05, 3.63) is 12.2 Å². The fraction of sp³-hybridized carbons (Fsp3) is 0.714. The normalized spacial score (nSPS) is 12.8. The van der Waals surface area contributed by atoms with Crippen LogP contribution in [0.2, 0.25) is 0 Å². The van der Waals surface area contributed by atoms with E-state index in [1.165, 1.54) is 6.08 Å². The van der Waals surface area contributed by atoms with Gasteiger partial charge in [-0.2, -0.15) is 0 Å². The minimum absolute atomic E-state index is 0.514. The van der Waals surface area contributed by atoms with E-state index >= 15 is 0 Å². The first-order valence-electron chi connectivity index (χ1n) is 3.32. The van der Waals surface area contributed by atoms with Crippen LogP contribution in [0.1, 0.15) is 13.8 Å². The number of hydrogen-bond acceptors (Lipinski definition) is 1. The van der Waals surface area contributed by atoms with Gasteiger partial charge in [-0.15, -0.1) is 0 Å². The number of likely N-dealkylation sites (N-methyl/N-ethyl adjacent to an activating group) is 1. The molecule has 1 nitrogen and oxygen atoms in total. The molecule has 0 rings (SSSR count). The van der Waals surface area contributed by atoms with Gasteiger partial charge in [-0.3, -0.25) is 0 Å². The van der Waals surface area contributed by atoms with Crippen LogP contribution in [-0.4, -0.2) is 19.0 Å². The molecule has 0 bridgehead atoms. The monoisotopic (exact) mass is 149 g/mol. The molecular weight excluding hydrogens is 136 g/mol.